The van der Waals surface area contributed by atoms with Crippen LogP contribution in [0.1, 0.15) is 6.92 Å². The standard InChI is InChI=1S/C7H6O/c1-4-7(5-2)6(3)8/h1-2,7H,3H3. The molecule has 0 saturated heterocycles. The molecule has 0 bridgehead atoms. The van der Waals surface area contributed by atoms with Crippen molar-refractivity contribution in [1.82, 2.24) is 0 Å². The van der Waals surface area contributed by atoms with Crippen molar-refractivity contribution in [3.05, 3.63) is 0 Å². The van der Waals surface area contributed by atoms with Gasteiger partial charge in [-0.05, 0) is 6.92 Å². The maximum Gasteiger partial charge on any atom is 0.156 e. The number of Topliss-reactive ketones (excluding diaryl/α,β-unsaturated/α-hetero) is 1. The molecule has 1 nitrogen and oxygen atoms in total. The monoisotopic (exact) mass is 106 g/mol. The highest BCUT2D eigenvalue weighted by molar-refractivity contribution is 5.83. The van der Waals surface area contributed by atoms with Gasteiger partial charge in [-0.25, -0.2) is 0 Å². The SMILES string of the molecule is C#CC(C#C)C(C)=O. The summed E-state index contributed by atoms with van der Waals surface area (Å²) in [4.78, 5) is 10.3. The summed E-state index contributed by atoms with van der Waals surface area (Å²) in [7, 11) is 0. The molecule has 0 aliphatic carbocycles. The molecule has 0 saturated carbocycles. The van der Waals surface area contributed by atoms with Crippen molar-refractivity contribution in [3.8, 4) is 24.7 Å². The molecule has 0 amide bonds. The zero-order valence-electron chi connectivity index (χ0n) is 4.64. The van der Waals surface area contributed by atoms with Crippen molar-refractivity contribution < 1.29 is 4.79 Å². The molecule has 0 aromatic carbocycles. The van der Waals surface area contributed by atoms with Crippen LogP contribution in [-0.2, 0) is 4.79 Å². The molecule has 0 aliphatic rings. The zero-order chi connectivity index (χ0) is 6.57. The van der Waals surface area contributed by atoms with Crippen LogP contribution in [0.4, 0.5) is 0 Å². The number of terminal acetylenes is 2. The van der Waals surface area contributed by atoms with Crippen LogP contribution >= 0.6 is 0 Å². The van der Waals surface area contributed by atoms with Gasteiger partial charge in [-0.3, -0.25) is 4.79 Å². The maximum absolute atomic E-state index is 10.3. The Kier molecular flexibility index (Phi) is 2.45. The van der Waals surface area contributed by atoms with Crippen LogP contribution < -0.4 is 0 Å². The molecule has 0 unspecified atom stereocenters. The first-order valence-electron chi connectivity index (χ1n) is 2.15. The smallest absolute Gasteiger partial charge is 0.156 e. The molecule has 40 valence electrons. The molecule has 0 aromatic heterocycles. The number of carbonyl (C=O) groups excluding carboxylic acids is 1. The van der Waals surface area contributed by atoms with Crippen molar-refractivity contribution >= 4 is 5.78 Å². The van der Waals surface area contributed by atoms with E-state index in [1.807, 2.05) is 0 Å². The van der Waals surface area contributed by atoms with E-state index in [9.17, 15) is 4.79 Å². The van der Waals surface area contributed by atoms with Gasteiger partial charge in [0, 0.05) is 0 Å². The van der Waals surface area contributed by atoms with Gasteiger partial charge in [0.1, 0.15) is 5.92 Å². The number of hydrogen-bond donors (Lipinski definition) is 0. The highest BCUT2D eigenvalue weighted by Gasteiger charge is 2.03. The highest BCUT2D eigenvalue weighted by Crippen LogP contribution is 1.90. The molecule has 1 heteroatoms. The molecular formula is C7H6O. The van der Waals surface area contributed by atoms with Gasteiger partial charge < -0.3 is 0 Å². The van der Waals surface area contributed by atoms with Gasteiger partial charge in [0.05, 0.1) is 0 Å². The van der Waals surface area contributed by atoms with E-state index in [1.165, 1.54) is 6.92 Å². The van der Waals surface area contributed by atoms with Gasteiger partial charge >= 0.3 is 0 Å². The fraction of sp³-hybridized carbons (Fsp3) is 0.286. The quantitative estimate of drug-likeness (QED) is 0.444. The third kappa shape index (κ3) is 1.49. The second-order valence-electron chi connectivity index (χ2n) is 1.38. The van der Waals surface area contributed by atoms with E-state index in [4.69, 9.17) is 12.8 Å². The van der Waals surface area contributed by atoms with Gasteiger partial charge in [0.2, 0.25) is 0 Å². The van der Waals surface area contributed by atoms with Crippen LogP contribution in [0.5, 0.6) is 0 Å². The van der Waals surface area contributed by atoms with Gasteiger partial charge in [0.25, 0.3) is 0 Å². The molecule has 0 aliphatic heterocycles. The van der Waals surface area contributed by atoms with Crippen molar-refractivity contribution in [2.75, 3.05) is 0 Å². The molecule has 0 fully saturated rings. The predicted molar refractivity (Wildman–Crippen MR) is 31.8 cm³/mol. The Bertz CT molecular complexity index is 152. The molecule has 0 rings (SSSR count). The largest absolute Gasteiger partial charge is 0.298 e. The van der Waals surface area contributed by atoms with Gasteiger partial charge in [0.15, 0.2) is 5.78 Å². The minimum atomic E-state index is -0.630. The summed E-state index contributed by atoms with van der Waals surface area (Å²) in [5.74, 6) is 3.56. The van der Waals surface area contributed by atoms with E-state index >= 15 is 0 Å². The van der Waals surface area contributed by atoms with Crippen LogP contribution in [0.25, 0.3) is 0 Å². The minimum absolute atomic E-state index is 0.144. The Hall–Kier alpha value is -1.21. The topological polar surface area (TPSA) is 17.1 Å². The Balaban J connectivity index is 4.02. The lowest BCUT2D eigenvalue weighted by Gasteiger charge is -1.90. The van der Waals surface area contributed by atoms with Crippen LogP contribution in [0.2, 0.25) is 0 Å². The molecule has 0 spiro atoms. The van der Waals surface area contributed by atoms with Crippen LogP contribution in [0.3, 0.4) is 0 Å². The first-order chi connectivity index (χ1) is 3.72. The van der Waals surface area contributed by atoms with Gasteiger partial charge in [-0.2, -0.15) is 0 Å². The first kappa shape index (κ1) is 6.79. The zero-order valence-corrected chi connectivity index (χ0v) is 4.64. The van der Waals surface area contributed by atoms with Crippen LogP contribution in [0.15, 0.2) is 0 Å². The van der Waals surface area contributed by atoms with Crippen molar-refractivity contribution in [2.45, 2.75) is 6.92 Å². The summed E-state index contributed by atoms with van der Waals surface area (Å²) < 4.78 is 0. The third-order valence-electron chi connectivity index (χ3n) is 0.740. The summed E-state index contributed by atoms with van der Waals surface area (Å²) in [6.07, 6.45) is 9.74. The number of carbonyl (C=O) groups is 1. The minimum Gasteiger partial charge on any atom is -0.298 e. The van der Waals surface area contributed by atoms with E-state index in [1.54, 1.807) is 0 Å². The van der Waals surface area contributed by atoms with Crippen LogP contribution in [-0.4, -0.2) is 5.78 Å². The lowest BCUT2D eigenvalue weighted by atomic mass is 10.1. The Morgan fingerprint density at radius 3 is 1.88 bits per heavy atom. The van der Waals surface area contributed by atoms with Crippen molar-refractivity contribution in [1.29, 1.82) is 0 Å². The normalized spacial score (nSPS) is 7.50. The molecule has 0 atom stereocenters. The lowest BCUT2D eigenvalue weighted by molar-refractivity contribution is -0.117. The molecular weight excluding hydrogens is 100 g/mol. The Labute approximate surface area is 49.1 Å². The highest BCUT2D eigenvalue weighted by atomic mass is 16.1. The summed E-state index contributed by atoms with van der Waals surface area (Å²) in [5, 5.41) is 0. The van der Waals surface area contributed by atoms with E-state index in [2.05, 4.69) is 11.8 Å². The Morgan fingerprint density at radius 2 is 1.88 bits per heavy atom. The molecule has 0 N–H and O–H groups in total. The molecule has 0 radical (unpaired) electrons. The van der Waals surface area contributed by atoms with E-state index < -0.39 is 5.92 Å². The lowest BCUT2D eigenvalue weighted by Crippen LogP contribution is -2.03. The maximum atomic E-state index is 10.3. The van der Waals surface area contributed by atoms with E-state index in [0.29, 0.717) is 0 Å². The Morgan fingerprint density at radius 1 is 1.50 bits per heavy atom. The average molecular weight is 106 g/mol. The second-order valence-corrected chi connectivity index (χ2v) is 1.38. The third-order valence-corrected chi connectivity index (χ3v) is 0.740. The van der Waals surface area contributed by atoms with Gasteiger partial charge in [-0.15, -0.1) is 12.8 Å². The van der Waals surface area contributed by atoms with Crippen molar-refractivity contribution in [2.24, 2.45) is 5.92 Å². The fourth-order valence-electron chi connectivity index (χ4n) is 0.283. The average Bonchev–Trinajstić information content (AvgIpc) is 1.69. The summed E-state index contributed by atoms with van der Waals surface area (Å²) in [5.41, 5.74) is 0. The number of ketones is 1. The number of hydrogen-bond acceptors (Lipinski definition) is 1. The number of rotatable bonds is 1. The van der Waals surface area contributed by atoms with Gasteiger partial charge in [-0.1, -0.05) is 11.8 Å². The summed E-state index contributed by atoms with van der Waals surface area (Å²) in [6.45, 7) is 1.38. The molecule has 0 heterocycles. The molecule has 8 heavy (non-hydrogen) atoms. The second kappa shape index (κ2) is 2.88. The predicted octanol–water partition coefficient (Wildman–Crippen LogP) is 0.458. The van der Waals surface area contributed by atoms with E-state index in [-0.39, 0.29) is 5.78 Å². The molecule has 0 aromatic rings. The summed E-state index contributed by atoms with van der Waals surface area (Å²) >= 11 is 0. The summed E-state index contributed by atoms with van der Waals surface area (Å²) in [6, 6.07) is 0. The fourth-order valence-corrected chi connectivity index (χ4v) is 0.283. The van der Waals surface area contributed by atoms with Crippen molar-refractivity contribution in [3.63, 3.8) is 0 Å². The van der Waals surface area contributed by atoms with E-state index in [0.717, 1.165) is 0 Å². The first-order valence-corrected chi connectivity index (χ1v) is 2.15. The van der Waals surface area contributed by atoms with Crippen LogP contribution in [0, 0.1) is 30.6 Å².